The molecule has 0 aliphatic rings. The topological polar surface area (TPSA) is 112 Å². The molecule has 37 heavy (non-hydrogen) atoms. The van der Waals surface area contributed by atoms with Gasteiger partial charge in [-0.25, -0.2) is 14.4 Å². The van der Waals surface area contributed by atoms with Crippen LogP contribution in [0.3, 0.4) is 0 Å². The third-order valence-electron chi connectivity index (χ3n) is 7.81. The fraction of sp³-hybridized carbons (Fsp3) is 0.833. The quantitative estimate of drug-likeness (QED) is 0.0648. The summed E-state index contributed by atoms with van der Waals surface area (Å²) >= 11 is 0. The fourth-order valence-electron chi connectivity index (χ4n) is 5.92. The highest BCUT2D eigenvalue weighted by molar-refractivity contribution is 5.78. The van der Waals surface area contributed by atoms with Crippen LogP contribution in [-0.4, -0.2) is 62.4 Å². The number of hydrogen-bond acceptors (Lipinski definition) is 3. The number of unbranched alkanes of at least 4 members (excludes halogenated alkanes) is 12. The minimum absolute atomic E-state index is 0.178. The molecule has 3 N–H and O–H groups in total. The molecular formula is C30H56NO6+. The second kappa shape index (κ2) is 21.1. The van der Waals surface area contributed by atoms with Gasteiger partial charge in [-0.1, -0.05) is 104 Å². The summed E-state index contributed by atoms with van der Waals surface area (Å²) < 4.78 is -0.435. The Bertz CT molecular complexity index is 607. The molecule has 0 amide bonds. The van der Waals surface area contributed by atoms with Gasteiger partial charge in [0.25, 0.3) is 0 Å². The van der Waals surface area contributed by atoms with E-state index in [1.165, 1.54) is 64.2 Å². The van der Waals surface area contributed by atoms with Crippen molar-refractivity contribution in [3.05, 3.63) is 12.2 Å². The van der Waals surface area contributed by atoms with E-state index in [9.17, 15) is 29.7 Å². The maximum Gasteiger partial charge on any atom is 0.362 e. The normalized spacial score (nSPS) is 15.8. The van der Waals surface area contributed by atoms with Crippen molar-refractivity contribution >= 4 is 17.9 Å². The number of carboxylic acids is 3. The molecule has 0 saturated carbocycles. The minimum Gasteiger partial charge on any atom is -0.477 e. The molecule has 0 aliphatic carbocycles. The van der Waals surface area contributed by atoms with Gasteiger partial charge in [0.1, 0.15) is 0 Å². The molecule has 7 heteroatoms. The number of carbonyl (C=O) groups is 3. The third-order valence-corrected chi connectivity index (χ3v) is 7.81. The standard InChI is InChI=1S/C30H55NO6/c1-5-9-10-11-12-13-14-15-16-17-18-19-20-21-22-23-24-31(25(6-2)28(32)33,26(7-3)29(34)35)27(8-4)30(36)37/h20-21,25-27H,5-19,22-24H2,1-4H3,(H2-,32,33,34,35,36,37)/p+1/b21-20+. The number of rotatable bonds is 25. The zero-order valence-electron chi connectivity index (χ0n) is 24.1. The van der Waals surface area contributed by atoms with Crippen molar-refractivity contribution in [2.45, 2.75) is 155 Å². The Kier molecular flexibility index (Phi) is 20.0. The van der Waals surface area contributed by atoms with E-state index in [2.05, 4.69) is 19.1 Å². The Morgan fingerprint density at radius 1 is 0.541 bits per heavy atom. The molecule has 0 fully saturated rings. The van der Waals surface area contributed by atoms with E-state index < -0.39 is 40.5 Å². The van der Waals surface area contributed by atoms with Crippen LogP contribution < -0.4 is 0 Å². The molecule has 0 heterocycles. The van der Waals surface area contributed by atoms with Gasteiger partial charge in [0, 0.05) is 25.7 Å². The molecular weight excluding hydrogens is 470 g/mol. The SMILES string of the molecule is CCCCCCCCCCCCC/C=C/CCC[N+](C(CC)C(=O)O)(C(CC)C(=O)O)C(CC)C(=O)O. The summed E-state index contributed by atoms with van der Waals surface area (Å²) in [4.78, 5) is 36.7. The van der Waals surface area contributed by atoms with Crippen molar-refractivity contribution in [2.24, 2.45) is 0 Å². The number of hydrogen-bond donors (Lipinski definition) is 3. The van der Waals surface area contributed by atoms with Gasteiger partial charge in [-0.2, -0.15) is 0 Å². The lowest BCUT2D eigenvalue weighted by atomic mass is 9.94. The van der Waals surface area contributed by atoms with Gasteiger partial charge in [0.15, 0.2) is 18.1 Å². The highest BCUT2D eigenvalue weighted by atomic mass is 16.4. The summed E-state index contributed by atoms with van der Waals surface area (Å²) in [5, 5.41) is 29.9. The van der Waals surface area contributed by atoms with E-state index in [1.54, 1.807) is 20.8 Å². The average molecular weight is 527 g/mol. The summed E-state index contributed by atoms with van der Waals surface area (Å²) in [6.07, 6.45) is 21.4. The highest BCUT2D eigenvalue weighted by Crippen LogP contribution is 2.32. The molecule has 0 rings (SSSR count). The third kappa shape index (κ3) is 12.5. The summed E-state index contributed by atoms with van der Waals surface area (Å²) in [5.41, 5.74) is 0. The Balaban J connectivity index is 4.84. The predicted octanol–water partition coefficient (Wildman–Crippen LogP) is 7.43. The van der Waals surface area contributed by atoms with Gasteiger partial charge < -0.3 is 15.3 Å². The molecule has 0 aromatic carbocycles. The van der Waals surface area contributed by atoms with Crippen LogP contribution in [0, 0.1) is 0 Å². The Labute approximate surface area is 225 Å². The van der Waals surface area contributed by atoms with Crippen LogP contribution in [0.1, 0.15) is 137 Å². The Morgan fingerprint density at radius 3 is 1.19 bits per heavy atom. The lowest BCUT2D eigenvalue weighted by Gasteiger charge is -2.49. The van der Waals surface area contributed by atoms with Crippen LogP contribution in [0.5, 0.6) is 0 Å². The summed E-state index contributed by atoms with van der Waals surface area (Å²) in [6, 6.07) is -3.24. The molecule has 0 saturated heterocycles. The molecule has 7 nitrogen and oxygen atoms in total. The first-order chi connectivity index (χ1) is 17.7. The number of nitrogens with zero attached hydrogens (tertiary/aromatic N) is 1. The number of quaternary nitrogens is 1. The van der Waals surface area contributed by atoms with Gasteiger partial charge in [-0.05, 0) is 19.3 Å². The maximum absolute atomic E-state index is 12.2. The van der Waals surface area contributed by atoms with E-state index in [0.717, 1.165) is 12.8 Å². The van der Waals surface area contributed by atoms with Crippen molar-refractivity contribution in [3.63, 3.8) is 0 Å². The van der Waals surface area contributed by atoms with E-state index in [-0.39, 0.29) is 25.8 Å². The Morgan fingerprint density at radius 2 is 0.865 bits per heavy atom. The van der Waals surface area contributed by atoms with Crippen LogP contribution in [0.4, 0.5) is 0 Å². The van der Waals surface area contributed by atoms with Crippen molar-refractivity contribution in [3.8, 4) is 0 Å². The van der Waals surface area contributed by atoms with Gasteiger partial charge in [-0.3, -0.25) is 4.48 Å². The van der Waals surface area contributed by atoms with Gasteiger partial charge in [-0.15, -0.1) is 0 Å². The Hall–Kier alpha value is -1.89. The number of carboxylic acid groups (broad SMARTS) is 3. The molecule has 0 aromatic heterocycles. The minimum atomic E-state index is -1.13. The molecule has 0 spiro atoms. The zero-order valence-corrected chi connectivity index (χ0v) is 24.1. The van der Waals surface area contributed by atoms with Crippen LogP contribution >= 0.6 is 0 Å². The van der Waals surface area contributed by atoms with Gasteiger partial charge >= 0.3 is 17.9 Å². The average Bonchev–Trinajstić information content (AvgIpc) is 2.84. The van der Waals surface area contributed by atoms with Crippen LogP contribution in [-0.2, 0) is 14.4 Å². The lowest BCUT2D eigenvalue weighted by molar-refractivity contribution is -0.973. The van der Waals surface area contributed by atoms with E-state index >= 15 is 0 Å². The van der Waals surface area contributed by atoms with E-state index in [1.807, 2.05) is 0 Å². The summed E-state index contributed by atoms with van der Waals surface area (Å²) in [5.74, 6) is -3.39. The van der Waals surface area contributed by atoms with Crippen molar-refractivity contribution in [2.75, 3.05) is 6.54 Å². The van der Waals surface area contributed by atoms with Crippen LogP contribution in [0.15, 0.2) is 12.2 Å². The van der Waals surface area contributed by atoms with Crippen molar-refractivity contribution in [1.82, 2.24) is 0 Å². The van der Waals surface area contributed by atoms with Gasteiger partial charge in [0.05, 0.1) is 6.54 Å². The van der Waals surface area contributed by atoms with Crippen molar-refractivity contribution in [1.29, 1.82) is 0 Å². The molecule has 0 aliphatic heterocycles. The molecule has 3 unspecified atom stereocenters. The number of allylic oxidation sites excluding steroid dienone is 2. The summed E-state index contributed by atoms with van der Waals surface area (Å²) in [7, 11) is 0. The van der Waals surface area contributed by atoms with Crippen molar-refractivity contribution < 1.29 is 34.2 Å². The molecule has 3 atom stereocenters. The number of aliphatic carboxylic acids is 3. The summed E-state index contributed by atoms with van der Waals surface area (Å²) in [6.45, 7) is 7.55. The zero-order chi connectivity index (χ0) is 28.1. The molecule has 0 radical (unpaired) electrons. The van der Waals surface area contributed by atoms with Gasteiger partial charge in [0.2, 0.25) is 0 Å². The van der Waals surface area contributed by atoms with Crippen LogP contribution in [0.2, 0.25) is 0 Å². The second-order valence-corrected chi connectivity index (χ2v) is 10.4. The monoisotopic (exact) mass is 526 g/mol. The molecule has 216 valence electrons. The smallest absolute Gasteiger partial charge is 0.362 e. The first-order valence-corrected chi connectivity index (χ1v) is 14.9. The first-order valence-electron chi connectivity index (χ1n) is 14.9. The fourth-order valence-corrected chi connectivity index (χ4v) is 5.92. The van der Waals surface area contributed by atoms with Crippen LogP contribution in [0.25, 0.3) is 0 Å². The molecule has 0 bridgehead atoms. The van der Waals surface area contributed by atoms with E-state index in [4.69, 9.17) is 0 Å². The second-order valence-electron chi connectivity index (χ2n) is 10.4. The molecule has 0 aromatic rings. The lowest BCUT2D eigenvalue weighted by Crippen LogP contribution is -2.72. The predicted molar refractivity (Wildman–Crippen MR) is 150 cm³/mol. The first kappa shape index (κ1) is 35.1. The maximum atomic E-state index is 12.2. The van der Waals surface area contributed by atoms with E-state index in [0.29, 0.717) is 12.8 Å². The highest BCUT2D eigenvalue weighted by Gasteiger charge is 2.55. The largest absolute Gasteiger partial charge is 0.477 e.